The summed E-state index contributed by atoms with van der Waals surface area (Å²) in [6, 6.07) is 15.9. The molecule has 5 rings (SSSR count). The molecule has 34 heavy (non-hydrogen) atoms. The van der Waals surface area contributed by atoms with Crippen LogP contribution in [-0.2, 0) is 13.0 Å². The standard InChI is InChI=1S/C28H31ClN4O/c1-28(2,3)33-11-9-32(10-12-33)17-18-7-8-22-20(13-18)15-23-24(27(30)34)16-25(31-26(22)23)19-5-4-6-21(29)14-19/h4-8,13-14,16H,9-12,15,17H2,1-3H3,(H2,30,34). The first-order valence-electron chi connectivity index (χ1n) is 11.9. The van der Waals surface area contributed by atoms with Gasteiger partial charge in [0.1, 0.15) is 0 Å². The van der Waals surface area contributed by atoms with Crippen LogP contribution in [0.3, 0.4) is 0 Å². The summed E-state index contributed by atoms with van der Waals surface area (Å²) in [4.78, 5) is 22.4. The van der Waals surface area contributed by atoms with Crippen molar-refractivity contribution in [3.05, 3.63) is 75.8 Å². The molecule has 5 nitrogen and oxygen atoms in total. The first-order valence-corrected chi connectivity index (χ1v) is 12.3. The lowest BCUT2D eigenvalue weighted by Crippen LogP contribution is -2.53. The fourth-order valence-corrected chi connectivity index (χ4v) is 5.33. The molecule has 0 atom stereocenters. The molecule has 0 saturated carbocycles. The van der Waals surface area contributed by atoms with Crippen LogP contribution in [0.1, 0.15) is 47.8 Å². The van der Waals surface area contributed by atoms with Gasteiger partial charge in [-0.1, -0.05) is 41.9 Å². The SMILES string of the molecule is CC(C)(C)N1CCN(Cc2ccc3c(c2)Cc2c(C(N)=O)cc(-c4cccc(Cl)c4)nc2-3)CC1. The van der Waals surface area contributed by atoms with Crippen molar-refractivity contribution >= 4 is 17.5 Å². The summed E-state index contributed by atoms with van der Waals surface area (Å²) < 4.78 is 0. The zero-order valence-corrected chi connectivity index (χ0v) is 20.8. The van der Waals surface area contributed by atoms with Gasteiger partial charge in [-0.3, -0.25) is 14.6 Å². The molecule has 0 radical (unpaired) electrons. The lowest BCUT2D eigenvalue weighted by atomic mass is 10.0. The van der Waals surface area contributed by atoms with Crippen LogP contribution < -0.4 is 5.73 Å². The van der Waals surface area contributed by atoms with Crippen molar-refractivity contribution < 1.29 is 4.79 Å². The van der Waals surface area contributed by atoms with Crippen molar-refractivity contribution in [3.63, 3.8) is 0 Å². The van der Waals surface area contributed by atoms with E-state index in [0.717, 1.165) is 55.1 Å². The van der Waals surface area contributed by atoms with Gasteiger partial charge in [0.15, 0.2) is 0 Å². The monoisotopic (exact) mass is 474 g/mol. The summed E-state index contributed by atoms with van der Waals surface area (Å²) in [5.74, 6) is -0.424. The minimum absolute atomic E-state index is 0.223. The summed E-state index contributed by atoms with van der Waals surface area (Å²) in [5.41, 5.74) is 13.5. The molecule has 0 spiro atoms. The van der Waals surface area contributed by atoms with Crippen molar-refractivity contribution in [1.29, 1.82) is 0 Å². The van der Waals surface area contributed by atoms with E-state index in [1.807, 2.05) is 24.3 Å². The van der Waals surface area contributed by atoms with Gasteiger partial charge in [-0.05, 0) is 55.7 Å². The van der Waals surface area contributed by atoms with Crippen molar-refractivity contribution in [2.75, 3.05) is 26.2 Å². The lowest BCUT2D eigenvalue weighted by Gasteiger charge is -2.42. The van der Waals surface area contributed by atoms with Crippen LogP contribution >= 0.6 is 11.6 Å². The Kier molecular flexibility index (Phi) is 5.96. The van der Waals surface area contributed by atoms with Gasteiger partial charge in [0, 0.05) is 66.4 Å². The van der Waals surface area contributed by atoms with Crippen molar-refractivity contribution in [2.24, 2.45) is 5.73 Å². The van der Waals surface area contributed by atoms with E-state index in [0.29, 0.717) is 22.7 Å². The normalized spacial score (nSPS) is 16.4. The van der Waals surface area contributed by atoms with Crippen LogP contribution in [0, 0.1) is 0 Å². The number of hydrogen-bond acceptors (Lipinski definition) is 4. The van der Waals surface area contributed by atoms with Crippen LogP contribution in [0.2, 0.25) is 5.02 Å². The third kappa shape index (κ3) is 4.48. The third-order valence-electron chi connectivity index (χ3n) is 7.03. The van der Waals surface area contributed by atoms with E-state index in [2.05, 4.69) is 48.8 Å². The van der Waals surface area contributed by atoms with E-state index < -0.39 is 5.91 Å². The second kappa shape index (κ2) is 8.81. The van der Waals surface area contributed by atoms with Crippen molar-refractivity contribution in [3.8, 4) is 22.5 Å². The van der Waals surface area contributed by atoms with Crippen LogP contribution in [0.25, 0.3) is 22.5 Å². The summed E-state index contributed by atoms with van der Waals surface area (Å²) in [6.07, 6.45) is 0.678. The van der Waals surface area contributed by atoms with E-state index >= 15 is 0 Å². The Morgan fingerprint density at radius 2 is 1.82 bits per heavy atom. The predicted octanol–water partition coefficient (Wildman–Crippen LogP) is 4.99. The number of aromatic nitrogens is 1. The Bertz CT molecular complexity index is 1260. The summed E-state index contributed by atoms with van der Waals surface area (Å²) in [6.45, 7) is 12.1. The van der Waals surface area contributed by atoms with E-state index in [-0.39, 0.29) is 5.54 Å². The van der Waals surface area contributed by atoms with Gasteiger partial charge >= 0.3 is 0 Å². The number of halogens is 1. The minimum Gasteiger partial charge on any atom is -0.366 e. The van der Waals surface area contributed by atoms with Crippen LogP contribution in [-0.4, -0.2) is 52.4 Å². The fraction of sp³-hybridized carbons (Fsp3) is 0.357. The quantitative estimate of drug-likeness (QED) is 0.452. The number of benzene rings is 2. The molecule has 1 aliphatic heterocycles. The number of piperazine rings is 1. The first-order chi connectivity index (χ1) is 16.2. The van der Waals surface area contributed by atoms with E-state index in [1.54, 1.807) is 6.07 Å². The molecule has 1 aromatic heterocycles. The maximum Gasteiger partial charge on any atom is 0.249 e. The maximum absolute atomic E-state index is 12.3. The molecule has 3 aromatic rings. The van der Waals surface area contributed by atoms with E-state index in [9.17, 15) is 4.79 Å². The van der Waals surface area contributed by atoms with Crippen LogP contribution in [0.15, 0.2) is 48.5 Å². The molecule has 1 fully saturated rings. The fourth-order valence-electron chi connectivity index (χ4n) is 5.14. The molecule has 0 bridgehead atoms. The average molecular weight is 475 g/mol. The summed E-state index contributed by atoms with van der Waals surface area (Å²) in [7, 11) is 0. The van der Waals surface area contributed by atoms with Crippen molar-refractivity contribution in [2.45, 2.75) is 39.3 Å². The highest BCUT2D eigenvalue weighted by Crippen LogP contribution is 2.39. The van der Waals surface area contributed by atoms with Gasteiger partial charge < -0.3 is 5.73 Å². The molecule has 1 aliphatic carbocycles. The molecule has 2 heterocycles. The van der Waals surface area contributed by atoms with Crippen LogP contribution in [0.4, 0.5) is 0 Å². The number of carbonyl (C=O) groups is 1. The number of rotatable bonds is 4. The molecule has 6 heteroatoms. The number of fused-ring (bicyclic) bond motifs is 3. The minimum atomic E-state index is -0.424. The summed E-state index contributed by atoms with van der Waals surface area (Å²) >= 11 is 6.20. The van der Waals surface area contributed by atoms with Crippen molar-refractivity contribution in [1.82, 2.24) is 14.8 Å². The highest BCUT2D eigenvalue weighted by Gasteiger charge is 2.28. The predicted molar refractivity (Wildman–Crippen MR) is 138 cm³/mol. The highest BCUT2D eigenvalue weighted by atomic mass is 35.5. The number of amides is 1. The number of hydrogen-bond donors (Lipinski definition) is 1. The van der Waals surface area contributed by atoms with Crippen LogP contribution in [0.5, 0.6) is 0 Å². The Morgan fingerprint density at radius 1 is 1.06 bits per heavy atom. The lowest BCUT2D eigenvalue weighted by molar-refractivity contribution is 0.0591. The number of nitrogens with two attached hydrogens (primary N) is 1. The Balaban J connectivity index is 1.41. The molecule has 176 valence electrons. The van der Waals surface area contributed by atoms with Gasteiger partial charge in [0.05, 0.1) is 11.4 Å². The molecule has 1 amide bonds. The molecule has 2 aromatic carbocycles. The Morgan fingerprint density at radius 3 is 2.50 bits per heavy atom. The number of primary amides is 1. The number of carbonyl (C=O) groups excluding carboxylic acids is 1. The molecule has 2 aliphatic rings. The smallest absolute Gasteiger partial charge is 0.249 e. The van der Waals surface area contributed by atoms with Gasteiger partial charge in [0.2, 0.25) is 5.91 Å². The molecular weight excluding hydrogens is 444 g/mol. The molecule has 1 saturated heterocycles. The summed E-state index contributed by atoms with van der Waals surface area (Å²) in [5, 5.41) is 0.633. The first kappa shape index (κ1) is 23.0. The largest absolute Gasteiger partial charge is 0.366 e. The third-order valence-corrected chi connectivity index (χ3v) is 7.26. The zero-order valence-electron chi connectivity index (χ0n) is 20.1. The Hall–Kier alpha value is -2.73. The topological polar surface area (TPSA) is 62.5 Å². The average Bonchev–Trinajstić information content (AvgIpc) is 3.15. The van der Waals surface area contributed by atoms with Gasteiger partial charge in [-0.25, -0.2) is 4.98 Å². The number of nitrogens with zero attached hydrogens (tertiary/aromatic N) is 3. The zero-order chi connectivity index (χ0) is 24.0. The second-order valence-corrected chi connectivity index (χ2v) is 10.8. The molecule has 0 unspecified atom stereocenters. The van der Waals surface area contributed by atoms with E-state index in [1.165, 1.54) is 11.1 Å². The molecule has 2 N–H and O–H groups in total. The van der Waals surface area contributed by atoms with Gasteiger partial charge in [-0.15, -0.1) is 0 Å². The second-order valence-electron chi connectivity index (χ2n) is 10.4. The highest BCUT2D eigenvalue weighted by molar-refractivity contribution is 6.30. The van der Waals surface area contributed by atoms with Gasteiger partial charge in [0.25, 0.3) is 0 Å². The molecular formula is C28H31ClN4O. The maximum atomic E-state index is 12.3. The van der Waals surface area contributed by atoms with Gasteiger partial charge in [-0.2, -0.15) is 0 Å². The Labute approximate surface area is 206 Å². The van der Waals surface area contributed by atoms with E-state index in [4.69, 9.17) is 22.3 Å². The number of pyridine rings is 1.